The van der Waals surface area contributed by atoms with Crippen LogP contribution in [-0.2, 0) is 11.2 Å². The van der Waals surface area contributed by atoms with Gasteiger partial charge in [0, 0.05) is 30.8 Å². The van der Waals surface area contributed by atoms with Crippen molar-refractivity contribution in [3.63, 3.8) is 0 Å². The molecule has 2 rings (SSSR count). The molecule has 0 aromatic heterocycles. The smallest absolute Gasteiger partial charge is 0.251 e. The summed E-state index contributed by atoms with van der Waals surface area (Å²) in [5.74, 6) is -0.0913. The van der Waals surface area contributed by atoms with Gasteiger partial charge in [-0.25, -0.2) is 0 Å². The quantitative estimate of drug-likeness (QED) is 0.695. The molecule has 1 heterocycles. The van der Waals surface area contributed by atoms with Crippen molar-refractivity contribution in [3.05, 3.63) is 29.3 Å². The van der Waals surface area contributed by atoms with Gasteiger partial charge < -0.3 is 15.7 Å². The highest BCUT2D eigenvalue weighted by Crippen LogP contribution is 2.23. The van der Waals surface area contributed by atoms with E-state index in [1.807, 2.05) is 6.07 Å². The average molecular weight is 262 g/mol. The van der Waals surface area contributed by atoms with Gasteiger partial charge in [0.1, 0.15) is 0 Å². The molecule has 0 spiro atoms. The number of carbonyl (C=O) groups excluding carboxylic acids is 2. The first-order valence-electron chi connectivity index (χ1n) is 6.52. The molecule has 102 valence electrons. The van der Waals surface area contributed by atoms with Crippen LogP contribution in [-0.4, -0.2) is 30.1 Å². The first-order chi connectivity index (χ1) is 9.20. The van der Waals surface area contributed by atoms with Crippen molar-refractivity contribution in [2.24, 2.45) is 0 Å². The second-order valence-electron chi connectivity index (χ2n) is 4.61. The third-order valence-corrected chi connectivity index (χ3v) is 3.13. The summed E-state index contributed by atoms with van der Waals surface area (Å²) in [6, 6.07) is 5.32. The Morgan fingerprint density at radius 2 is 2.16 bits per heavy atom. The van der Waals surface area contributed by atoms with E-state index >= 15 is 0 Å². The summed E-state index contributed by atoms with van der Waals surface area (Å²) in [5.41, 5.74) is 2.41. The van der Waals surface area contributed by atoms with Gasteiger partial charge >= 0.3 is 0 Å². The normalized spacial score (nSPS) is 13.6. The molecule has 3 N–H and O–H groups in total. The van der Waals surface area contributed by atoms with Gasteiger partial charge in [-0.1, -0.05) is 0 Å². The average Bonchev–Trinajstić information content (AvgIpc) is 2.42. The molecule has 5 heteroatoms. The number of aliphatic hydroxyl groups excluding tert-OH is 1. The van der Waals surface area contributed by atoms with Crippen LogP contribution < -0.4 is 10.6 Å². The van der Waals surface area contributed by atoms with Crippen LogP contribution in [0.2, 0.25) is 0 Å². The highest BCUT2D eigenvalue weighted by atomic mass is 16.3. The van der Waals surface area contributed by atoms with E-state index in [-0.39, 0.29) is 18.4 Å². The molecule has 1 aromatic rings. The van der Waals surface area contributed by atoms with Crippen LogP contribution >= 0.6 is 0 Å². The summed E-state index contributed by atoms with van der Waals surface area (Å²) in [6.45, 7) is 0.710. The van der Waals surface area contributed by atoms with E-state index in [1.165, 1.54) is 0 Å². The van der Waals surface area contributed by atoms with Gasteiger partial charge in [-0.05, 0) is 43.0 Å². The van der Waals surface area contributed by atoms with Crippen LogP contribution in [0.4, 0.5) is 5.69 Å². The molecule has 1 aliphatic heterocycles. The summed E-state index contributed by atoms with van der Waals surface area (Å²) < 4.78 is 0. The van der Waals surface area contributed by atoms with Crippen LogP contribution in [0.25, 0.3) is 0 Å². The van der Waals surface area contributed by atoms with Gasteiger partial charge in [0.05, 0.1) is 0 Å². The Labute approximate surface area is 112 Å². The van der Waals surface area contributed by atoms with Crippen molar-refractivity contribution in [3.8, 4) is 0 Å². The Morgan fingerprint density at radius 1 is 1.32 bits per heavy atom. The summed E-state index contributed by atoms with van der Waals surface area (Å²) in [4.78, 5) is 23.1. The van der Waals surface area contributed by atoms with Crippen molar-refractivity contribution >= 4 is 17.5 Å². The SMILES string of the molecule is O=C1CCc2cc(C(=O)NCCCCO)ccc2N1. The van der Waals surface area contributed by atoms with Crippen LogP contribution in [0.1, 0.15) is 35.2 Å². The van der Waals surface area contributed by atoms with E-state index in [4.69, 9.17) is 5.11 Å². The zero-order valence-electron chi connectivity index (χ0n) is 10.7. The number of aliphatic hydroxyl groups is 1. The maximum atomic E-state index is 11.9. The lowest BCUT2D eigenvalue weighted by Gasteiger charge is -2.17. The van der Waals surface area contributed by atoms with Crippen LogP contribution in [0, 0.1) is 0 Å². The molecule has 0 bridgehead atoms. The minimum atomic E-state index is -0.113. The monoisotopic (exact) mass is 262 g/mol. The van der Waals surface area contributed by atoms with Gasteiger partial charge in [-0.15, -0.1) is 0 Å². The maximum Gasteiger partial charge on any atom is 0.251 e. The second-order valence-corrected chi connectivity index (χ2v) is 4.61. The zero-order valence-corrected chi connectivity index (χ0v) is 10.7. The lowest BCUT2D eigenvalue weighted by atomic mass is 10.00. The third-order valence-electron chi connectivity index (χ3n) is 3.13. The molecule has 1 aromatic carbocycles. The van der Waals surface area contributed by atoms with E-state index in [9.17, 15) is 9.59 Å². The number of fused-ring (bicyclic) bond motifs is 1. The largest absolute Gasteiger partial charge is 0.396 e. The van der Waals surface area contributed by atoms with Gasteiger partial charge in [0.15, 0.2) is 0 Å². The van der Waals surface area contributed by atoms with Gasteiger partial charge in [-0.2, -0.15) is 0 Å². The highest BCUT2D eigenvalue weighted by Gasteiger charge is 2.16. The van der Waals surface area contributed by atoms with Crippen molar-refractivity contribution < 1.29 is 14.7 Å². The molecule has 0 atom stereocenters. The predicted octanol–water partition coefficient (Wildman–Crippen LogP) is 1.07. The van der Waals surface area contributed by atoms with Crippen molar-refractivity contribution in [2.75, 3.05) is 18.5 Å². The van der Waals surface area contributed by atoms with Crippen LogP contribution in [0.5, 0.6) is 0 Å². The summed E-state index contributed by atoms with van der Waals surface area (Å²) in [7, 11) is 0. The fourth-order valence-corrected chi connectivity index (χ4v) is 2.07. The fraction of sp³-hybridized carbons (Fsp3) is 0.429. The van der Waals surface area contributed by atoms with Crippen molar-refractivity contribution in [1.82, 2.24) is 5.32 Å². The molecule has 0 unspecified atom stereocenters. The summed E-state index contributed by atoms with van der Waals surface area (Å²) >= 11 is 0. The molecule has 5 nitrogen and oxygen atoms in total. The number of unbranched alkanes of at least 4 members (excludes halogenated alkanes) is 1. The Morgan fingerprint density at radius 3 is 2.95 bits per heavy atom. The number of nitrogens with one attached hydrogen (secondary N) is 2. The molecule has 2 amide bonds. The molecule has 0 fully saturated rings. The van der Waals surface area contributed by atoms with Crippen molar-refractivity contribution in [1.29, 1.82) is 0 Å². The van der Waals surface area contributed by atoms with Crippen LogP contribution in [0.15, 0.2) is 18.2 Å². The Hall–Kier alpha value is -1.88. The van der Waals surface area contributed by atoms with E-state index in [0.29, 0.717) is 31.4 Å². The minimum Gasteiger partial charge on any atom is -0.396 e. The molecule has 1 aliphatic rings. The Bertz CT molecular complexity index is 486. The Kier molecular flexibility index (Phi) is 4.52. The fourth-order valence-electron chi connectivity index (χ4n) is 2.07. The topological polar surface area (TPSA) is 78.4 Å². The third kappa shape index (κ3) is 3.54. The predicted molar refractivity (Wildman–Crippen MR) is 72.0 cm³/mol. The number of carbonyl (C=O) groups is 2. The minimum absolute atomic E-state index is 0.0219. The number of hydrogen-bond donors (Lipinski definition) is 3. The lowest BCUT2D eigenvalue weighted by molar-refractivity contribution is -0.116. The number of aryl methyl sites for hydroxylation is 1. The second kappa shape index (κ2) is 6.33. The zero-order chi connectivity index (χ0) is 13.7. The number of benzene rings is 1. The van der Waals surface area contributed by atoms with Gasteiger partial charge in [0.25, 0.3) is 5.91 Å². The highest BCUT2D eigenvalue weighted by molar-refractivity contribution is 5.97. The molecule has 0 aliphatic carbocycles. The maximum absolute atomic E-state index is 11.9. The number of hydrogen-bond acceptors (Lipinski definition) is 3. The standard InChI is InChI=1S/C14H18N2O3/c17-8-2-1-7-15-14(19)11-3-5-12-10(9-11)4-6-13(18)16-12/h3,5,9,17H,1-2,4,6-8H2,(H,15,19)(H,16,18). The summed E-state index contributed by atoms with van der Waals surface area (Å²) in [5, 5.41) is 14.3. The van der Waals surface area contributed by atoms with E-state index in [1.54, 1.807) is 12.1 Å². The number of amides is 2. The molecular formula is C14H18N2O3. The van der Waals surface area contributed by atoms with E-state index < -0.39 is 0 Å². The molecular weight excluding hydrogens is 244 g/mol. The van der Waals surface area contributed by atoms with Crippen LogP contribution in [0.3, 0.4) is 0 Å². The Balaban J connectivity index is 1.97. The number of rotatable bonds is 5. The lowest BCUT2D eigenvalue weighted by Crippen LogP contribution is -2.25. The molecule has 0 radical (unpaired) electrons. The first-order valence-corrected chi connectivity index (χ1v) is 6.52. The first kappa shape index (κ1) is 13.5. The molecule has 0 saturated carbocycles. The summed E-state index contributed by atoms with van der Waals surface area (Å²) in [6.07, 6.45) is 2.60. The molecule has 0 saturated heterocycles. The van der Waals surface area contributed by atoms with E-state index in [0.717, 1.165) is 17.7 Å². The van der Waals surface area contributed by atoms with E-state index in [2.05, 4.69) is 10.6 Å². The molecule has 19 heavy (non-hydrogen) atoms. The van der Waals surface area contributed by atoms with Crippen molar-refractivity contribution in [2.45, 2.75) is 25.7 Å². The number of anilines is 1. The van der Waals surface area contributed by atoms with Gasteiger partial charge in [-0.3, -0.25) is 9.59 Å². The van der Waals surface area contributed by atoms with Gasteiger partial charge in [0.2, 0.25) is 5.91 Å².